The molecular formula is C70H79NO15S. The average molecular weight is 1210 g/mol. The Kier molecular flexibility index (Phi) is 25.5. The van der Waals surface area contributed by atoms with Crippen LogP contribution in [0.15, 0.2) is 144 Å². The fourth-order valence-electron chi connectivity index (χ4n) is 10.5. The van der Waals surface area contributed by atoms with Crippen molar-refractivity contribution >= 4 is 69.3 Å². The lowest BCUT2D eigenvalue weighted by Gasteiger charge is -2.26. The lowest BCUT2D eigenvalue weighted by Crippen LogP contribution is -2.29. The molecule has 0 bridgehead atoms. The fraction of sp³-hybridized carbons (Fsp3) is 0.414. The van der Waals surface area contributed by atoms with Crippen LogP contribution in [-0.4, -0.2) is 87.0 Å². The Bertz CT molecular complexity index is 3260. The van der Waals surface area contributed by atoms with Crippen LogP contribution in [0.2, 0.25) is 0 Å². The summed E-state index contributed by atoms with van der Waals surface area (Å²) in [6, 6.07) is 34.1. The van der Waals surface area contributed by atoms with E-state index in [-0.39, 0.29) is 67.4 Å². The number of rotatable bonds is 33. The summed E-state index contributed by atoms with van der Waals surface area (Å²) in [6.07, 6.45) is 13.9. The number of ether oxygens (including phenoxy) is 9. The SMILES string of the molecule is C=CC(=O)OCCCCOc1ccc(CCOC(=O)C2CCC(C(=O)Oc3ccc4c(c3)c(Sc3ccc(OCCCCCC)cc3)nc3cc(OC(=O)C5CCC(C(=O)OCCc6ccc(OCCCOC(=O)C=C)cc6)CC5)ccc34)CC2)cc1. The van der Waals surface area contributed by atoms with Crippen molar-refractivity contribution in [1.29, 1.82) is 0 Å². The number of hydrogen-bond donors (Lipinski definition) is 0. The smallest absolute Gasteiger partial charge is 0.330 e. The Labute approximate surface area is 513 Å². The minimum absolute atomic E-state index is 0.238. The van der Waals surface area contributed by atoms with E-state index in [9.17, 15) is 28.8 Å². The van der Waals surface area contributed by atoms with E-state index in [0.29, 0.717) is 131 Å². The van der Waals surface area contributed by atoms with Crippen molar-refractivity contribution in [2.75, 3.05) is 46.2 Å². The highest BCUT2D eigenvalue weighted by molar-refractivity contribution is 7.99. The second kappa shape index (κ2) is 34.2. The third-order valence-electron chi connectivity index (χ3n) is 15.5. The van der Waals surface area contributed by atoms with Crippen LogP contribution in [-0.2, 0) is 60.6 Å². The summed E-state index contributed by atoms with van der Waals surface area (Å²) in [4.78, 5) is 82.1. The number of nitrogens with zero attached hydrogens (tertiary/aromatic N) is 1. The molecule has 0 atom stereocenters. The van der Waals surface area contributed by atoms with Crippen molar-refractivity contribution < 1.29 is 71.4 Å². The van der Waals surface area contributed by atoms with Crippen molar-refractivity contribution in [2.45, 2.75) is 126 Å². The summed E-state index contributed by atoms with van der Waals surface area (Å²) in [5.74, 6) is -0.504. The summed E-state index contributed by atoms with van der Waals surface area (Å²) in [7, 11) is 0. The summed E-state index contributed by atoms with van der Waals surface area (Å²) in [6.45, 7) is 11.5. The Morgan fingerprint density at radius 1 is 0.437 bits per heavy atom. The van der Waals surface area contributed by atoms with E-state index in [1.54, 1.807) is 18.2 Å². The maximum absolute atomic E-state index is 13.8. The van der Waals surface area contributed by atoms with E-state index in [4.69, 9.17) is 47.6 Å². The number of carbonyl (C=O) groups is 6. The van der Waals surface area contributed by atoms with E-state index < -0.39 is 11.9 Å². The lowest BCUT2D eigenvalue weighted by molar-refractivity contribution is -0.152. The first-order valence-corrected chi connectivity index (χ1v) is 31.3. The first kappa shape index (κ1) is 64.8. The molecule has 0 spiro atoms. The zero-order chi connectivity index (χ0) is 61.2. The standard InChI is InChI=1S/C70H79NO15S/c1-4-7-8-9-39-78-56-29-33-59(34-30-56)87-66-62-46-57(85-69(76)52-21-17-50(18-22-52)67(74)83-44-37-48-13-25-54(26-14-48)79-40-10-11-41-81-64(72)5-2)31-35-60(62)61-36-32-58(47-63(61)71-66)86-70(77)53-23-19-51(20-24-53)68(75)84-45-38-49-15-27-55(28-16-49)80-42-12-43-82-65(73)6-3/h5-6,13-16,25-36,46-47,50-53H,2-4,7-12,17-24,37-45H2,1H3. The number of benzene rings is 5. The molecule has 0 saturated heterocycles. The van der Waals surface area contributed by atoms with Gasteiger partial charge < -0.3 is 42.6 Å². The molecule has 460 valence electrons. The Morgan fingerprint density at radius 3 is 1.34 bits per heavy atom. The largest absolute Gasteiger partial charge is 0.494 e. The van der Waals surface area contributed by atoms with Gasteiger partial charge in [0, 0.05) is 53.1 Å². The van der Waals surface area contributed by atoms with E-state index in [1.165, 1.54) is 18.2 Å². The van der Waals surface area contributed by atoms with Gasteiger partial charge >= 0.3 is 35.8 Å². The molecule has 0 radical (unpaired) electrons. The zero-order valence-corrected chi connectivity index (χ0v) is 50.5. The molecule has 1 heterocycles. The van der Waals surface area contributed by atoms with Crippen molar-refractivity contribution in [1.82, 2.24) is 4.98 Å². The van der Waals surface area contributed by atoms with Crippen molar-refractivity contribution in [3.05, 3.63) is 146 Å². The minimum atomic E-state index is -0.461. The molecule has 2 aliphatic carbocycles. The lowest BCUT2D eigenvalue weighted by atomic mass is 9.82. The molecule has 8 rings (SSSR count). The average Bonchev–Trinajstić information content (AvgIpc) is 1.61. The highest BCUT2D eigenvalue weighted by Gasteiger charge is 2.34. The predicted octanol–water partition coefficient (Wildman–Crippen LogP) is 13.9. The highest BCUT2D eigenvalue weighted by atomic mass is 32.2. The van der Waals surface area contributed by atoms with Gasteiger partial charge in [-0.25, -0.2) is 14.6 Å². The fourth-order valence-corrected chi connectivity index (χ4v) is 11.4. The van der Waals surface area contributed by atoms with E-state index in [1.807, 2.05) is 91.0 Å². The number of aromatic nitrogens is 1. The second-order valence-corrected chi connectivity index (χ2v) is 22.9. The topological polar surface area (TPSA) is 198 Å². The number of esters is 6. The summed E-state index contributed by atoms with van der Waals surface area (Å²) in [5, 5.41) is 3.14. The number of fused-ring (bicyclic) bond motifs is 3. The van der Waals surface area contributed by atoms with Crippen LogP contribution in [0.4, 0.5) is 0 Å². The summed E-state index contributed by atoms with van der Waals surface area (Å²) < 4.78 is 51.0. The number of unbranched alkanes of at least 4 members (excludes halogenated alkanes) is 4. The Hall–Kier alpha value is -8.18. The third-order valence-corrected chi connectivity index (χ3v) is 16.5. The Morgan fingerprint density at radius 2 is 0.851 bits per heavy atom. The van der Waals surface area contributed by atoms with Crippen molar-refractivity contribution in [3.8, 4) is 28.7 Å². The maximum Gasteiger partial charge on any atom is 0.330 e. The summed E-state index contributed by atoms with van der Waals surface area (Å²) in [5.41, 5.74) is 2.63. The molecule has 0 amide bonds. The van der Waals surface area contributed by atoms with Gasteiger partial charge in [-0.3, -0.25) is 19.2 Å². The quantitative estimate of drug-likeness (QED) is 0.00940. The molecule has 2 saturated carbocycles. The summed E-state index contributed by atoms with van der Waals surface area (Å²) >= 11 is 1.47. The molecule has 0 N–H and O–H groups in total. The van der Waals surface area contributed by atoms with Crippen LogP contribution in [0.5, 0.6) is 28.7 Å². The normalized spacial score (nSPS) is 16.4. The van der Waals surface area contributed by atoms with E-state index >= 15 is 0 Å². The molecule has 87 heavy (non-hydrogen) atoms. The van der Waals surface area contributed by atoms with Gasteiger partial charge in [0.05, 0.1) is 75.4 Å². The molecule has 6 aromatic rings. The molecule has 0 aliphatic heterocycles. The Balaban J connectivity index is 0.825. The molecule has 17 heteroatoms. The van der Waals surface area contributed by atoms with Gasteiger partial charge in [0.15, 0.2) is 0 Å². The number of carbonyl (C=O) groups excluding carboxylic acids is 6. The van der Waals surface area contributed by atoms with Gasteiger partial charge in [0.1, 0.15) is 33.8 Å². The van der Waals surface area contributed by atoms with Gasteiger partial charge in [0.25, 0.3) is 0 Å². The second-order valence-electron chi connectivity index (χ2n) is 21.8. The molecule has 0 unspecified atom stereocenters. The number of hydrogen-bond acceptors (Lipinski definition) is 17. The number of pyridine rings is 1. The van der Waals surface area contributed by atoms with Crippen LogP contribution < -0.4 is 23.7 Å². The molecular weight excluding hydrogens is 1130 g/mol. The van der Waals surface area contributed by atoms with Crippen LogP contribution in [0.25, 0.3) is 21.7 Å². The van der Waals surface area contributed by atoms with Gasteiger partial charge in [-0.05, 0) is 166 Å². The van der Waals surface area contributed by atoms with Gasteiger partial charge in [-0.2, -0.15) is 0 Å². The minimum Gasteiger partial charge on any atom is -0.494 e. The van der Waals surface area contributed by atoms with Crippen LogP contribution in [0.1, 0.15) is 114 Å². The first-order chi connectivity index (χ1) is 42.4. The predicted molar refractivity (Wildman–Crippen MR) is 331 cm³/mol. The molecule has 16 nitrogen and oxygen atoms in total. The van der Waals surface area contributed by atoms with Gasteiger partial charge in [-0.1, -0.05) is 75.4 Å². The van der Waals surface area contributed by atoms with Gasteiger partial charge in [-0.15, -0.1) is 0 Å². The first-order valence-electron chi connectivity index (χ1n) is 30.5. The third kappa shape index (κ3) is 20.5. The molecule has 2 aliphatic rings. The van der Waals surface area contributed by atoms with Crippen LogP contribution in [0, 0.1) is 23.7 Å². The highest BCUT2D eigenvalue weighted by Crippen LogP contribution is 2.40. The zero-order valence-electron chi connectivity index (χ0n) is 49.7. The van der Waals surface area contributed by atoms with Crippen molar-refractivity contribution in [3.63, 3.8) is 0 Å². The monoisotopic (exact) mass is 1210 g/mol. The van der Waals surface area contributed by atoms with Crippen LogP contribution in [0.3, 0.4) is 0 Å². The molecule has 1 aromatic heterocycles. The van der Waals surface area contributed by atoms with E-state index in [2.05, 4.69) is 20.1 Å². The molecule has 5 aromatic carbocycles. The van der Waals surface area contributed by atoms with E-state index in [0.717, 1.165) is 81.5 Å². The maximum atomic E-state index is 13.8. The van der Waals surface area contributed by atoms with Gasteiger partial charge in [0.2, 0.25) is 0 Å². The van der Waals surface area contributed by atoms with Crippen LogP contribution >= 0.6 is 11.8 Å². The molecule has 2 fully saturated rings. The van der Waals surface area contributed by atoms with Crippen molar-refractivity contribution in [2.24, 2.45) is 23.7 Å².